The van der Waals surface area contributed by atoms with Gasteiger partial charge in [0.25, 0.3) is 0 Å². The second-order valence-corrected chi connectivity index (χ2v) is 6.37. The minimum Gasteiger partial charge on any atom is -0.378 e. The summed E-state index contributed by atoms with van der Waals surface area (Å²) in [6.07, 6.45) is 6.76. The van der Waals surface area contributed by atoms with Gasteiger partial charge in [-0.2, -0.15) is 0 Å². The molecule has 19 heavy (non-hydrogen) atoms. The molecule has 1 heterocycles. The van der Waals surface area contributed by atoms with Crippen molar-refractivity contribution in [2.45, 2.75) is 58.0 Å². The van der Waals surface area contributed by atoms with Gasteiger partial charge >= 0.3 is 0 Å². The molecule has 3 nitrogen and oxygen atoms in total. The number of nitrogens with one attached hydrogen (secondary N) is 1. The Bertz CT molecular complexity index is 259. The smallest absolute Gasteiger partial charge is 0.0622 e. The Morgan fingerprint density at radius 2 is 2.05 bits per heavy atom. The van der Waals surface area contributed by atoms with E-state index in [9.17, 15) is 0 Å². The lowest BCUT2D eigenvalue weighted by Gasteiger charge is -2.42. The lowest BCUT2D eigenvalue weighted by Crippen LogP contribution is -2.51. The molecule has 4 atom stereocenters. The third-order valence-electron chi connectivity index (χ3n) is 5.33. The van der Waals surface area contributed by atoms with E-state index in [-0.39, 0.29) is 0 Å². The molecule has 0 aromatic heterocycles. The summed E-state index contributed by atoms with van der Waals surface area (Å²) in [4.78, 5) is 2.69. The molecule has 0 aromatic rings. The zero-order valence-electron chi connectivity index (χ0n) is 13.0. The van der Waals surface area contributed by atoms with E-state index in [4.69, 9.17) is 4.74 Å². The van der Waals surface area contributed by atoms with Crippen LogP contribution in [-0.2, 0) is 4.74 Å². The normalized spacial score (nSPS) is 37.4. The van der Waals surface area contributed by atoms with E-state index < -0.39 is 0 Å². The van der Waals surface area contributed by atoms with Crippen molar-refractivity contribution in [3.63, 3.8) is 0 Å². The number of morpholine rings is 1. The summed E-state index contributed by atoms with van der Waals surface area (Å²) < 4.78 is 5.63. The summed E-state index contributed by atoms with van der Waals surface area (Å²) in [5.41, 5.74) is 0. The van der Waals surface area contributed by atoms with Crippen LogP contribution in [0.3, 0.4) is 0 Å². The Morgan fingerprint density at radius 3 is 2.74 bits per heavy atom. The van der Waals surface area contributed by atoms with Gasteiger partial charge in [-0.3, -0.25) is 4.90 Å². The van der Waals surface area contributed by atoms with Crippen LogP contribution in [0.2, 0.25) is 0 Å². The summed E-state index contributed by atoms with van der Waals surface area (Å²) in [6.45, 7) is 8.89. The highest BCUT2D eigenvalue weighted by atomic mass is 16.5. The monoisotopic (exact) mass is 268 g/mol. The molecule has 1 aliphatic heterocycles. The summed E-state index contributed by atoms with van der Waals surface area (Å²) in [5.74, 6) is 1.78. The summed E-state index contributed by atoms with van der Waals surface area (Å²) in [5, 5.41) is 3.56. The first kappa shape index (κ1) is 15.3. The topological polar surface area (TPSA) is 24.5 Å². The van der Waals surface area contributed by atoms with Crippen LogP contribution in [-0.4, -0.2) is 50.3 Å². The van der Waals surface area contributed by atoms with E-state index in [1.807, 2.05) is 0 Å². The van der Waals surface area contributed by atoms with Gasteiger partial charge in [-0.1, -0.05) is 20.3 Å². The molecule has 2 aliphatic rings. The molecule has 0 spiro atoms. The molecule has 2 fully saturated rings. The SMILES string of the molecule is CCC1CCC(NC)C(CN2CCOCC2CC)C1. The molecule has 1 N–H and O–H groups in total. The van der Waals surface area contributed by atoms with Crippen molar-refractivity contribution in [3.05, 3.63) is 0 Å². The zero-order chi connectivity index (χ0) is 13.7. The first-order valence-corrected chi connectivity index (χ1v) is 8.27. The highest BCUT2D eigenvalue weighted by molar-refractivity contribution is 4.87. The van der Waals surface area contributed by atoms with Gasteiger partial charge < -0.3 is 10.1 Å². The maximum absolute atomic E-state index is 5.63. The Kier molecular flexibility index (Phi) is 6.11. The maximum Gasteiger partial charge on any atom is 0.0622 e. The summed E-state index contributed by atoms with van der Waals surface area (Å²) in [6, 6.07) is 1.37. The van der Waals surface area contributed by atoms with Crippen molar-refractivity contribution in [3.8, 4) is 0 Å². The molecule has 112 valence electrons. The molecule has 0 radical (unpaired) electrons. The van der Waals surface area contributed by atoms with Crippen LogP contribution in [0.4, 0.5) is 0 Å². The lowest BCUT2D eigenvalue weighted by atomic mass is 9.76. The van der Waals surface area contributed by atoms with Crippen molar-refractivity contribution in [1.29, 1.82) is 0 Å². The number of hydrogen-bond donors (Lipinski definition) is 1. The van der Waals surface area contributed by atoms with Gasteiger partial charge in [0.05, 0.1) is 13.2 Å². The van der Waals surface area contributed by atoms with Gasteiger partial charge in [0.2, 0.25) is 0 Å². The van der Waals surface area contributed by atoms with Gasteiger partial charge in [-0.05, 0) is 44.6 Å². The van der Waals surface area contributed by atoms with Crippen molar-refractivity contribution in [2.24, 2.45) is 11.8 Å². The molecule has 1 aliphatic carbocycles. The molecule has 0 amide bonds. The third-order valence-corrected chi connectivity index (χ3v) is 5.33. The standard InChI is InChI=1S/C16H32N2O/c1-4-13-6-7-16(17-3)14(10-13)11-18-8-9-19-12-15(18)5-2/h13-17H,4-12H2,1-3H3. The van der Waals surface area contributed by atoms with Gasteiger partial charge in [-0.15, -0.1) is 0 Å². The minimum absolute atomic E-state index is 0.647. The summed E-state index contributed by atoms with van der Waals surface area (Å²) >= 11 is 0. The predicted octanol–water partition coefficient (Wildman–Crippen LogP) is 2.51. The number of ether oxygens (including phenoxy) is 1. The molecule has 0 aromatic carbocycles. The second kappa shape index (κ2) is 7.61. The molecular formula is C16H32N2O. The van der Waals surface area contributed by atoms with Crippen LogP contribution in [0.1, 0.15) is 46.0 Å². The fourth-order valence-corrected chi connectivity index (χ4v) is 3.92. The van der Waals surface area contributed by atoms with E-state index in [0.717, 1.165) is 37.6 Å². The van der Waals surface area contributed by atoms with Crippen LogP contribution in [0.15, 0.2) is 0 Å². The van der Waals surface area contributed by atoms with Crippen molar-refractivity contribution >= 4 is 0 Å². The van der Waals surface area contributed by atoms with E-state index >= 15 is 0 Å². The quantitative estimate of drug-likeness (QED) is 0.829. The Labute approximate surface area is 119 Å². The molecule has 1 saturated heterocycles. The number of nitrogens with zero attached hydrogens (tertiary/aromatic N) is 1. The van der Waals surface area contributed by atoms with Crippen LogP contribution in [0, 0.1) is 11.8 Å². The fourth-order valence-electron chi connectivity index (χ4n) is 3.92. The minimum atomic E-state index is 0.647. The molecule has 4 unspecified atom stereocenters. The van der Waals surface area contributed by atoms with Crippen molar-refractivity contribution in [1.82, 2.24) is 10.2 Å². The van der Waals surface area contributed by atoms with E-state index in [2.05, 4.69) is 31.1 Å². The highest BCUT2D eigenvalue weighted by Crippen LogP contribution is 2.32. The Balaban J connectivity index is 1.93. The third kappa shape index (κ3) is 3.93. The van der Waals surface area contributed by atoms with Crippen molar-refractivity contribution < 1.29 is 4.74 Å². The summed E-state index contributed by atoms with van der Waals surface area (Å²) in [7, 11) is 2.14. The predicted molar refractivity (Wildman–Crippen MR) is 80.4 cm³/mol. The van der Waals surface area contributed by atoms with Gasteiger partial charge in [0.15, 0.2) is 0 Å². The molecule has 1 saturated carbocycles. The zero-order valence-corrected chi connectivity index (χ0v) is 13.0. The van der Waals surface area contributed by atoms with E-state index in [0.29, 0.717) is 6.04 Å². The Hall–Kier alpha value is -0.120. The van der Waals surface area contributed by atoms with Gasteiger partial charge in [-0.25, -0.2) is 0 Å². The van der Waals surface area contributed by atoms with Crippen LogP contribution in [0.25, 0.3) is 0 Å². The molecular weight excluding hydrogens is 236 g/mol. The maximum atomic E-state index is 5.63. The van der Waals surface area contributed by atoms with Gasteiger partial charge in [0, 0.05) is 25.2 Å². The highest BCUT2D eigenvalue weighted by Gasteiger charge is 2.32. The molecule has 2 rings (SSSR count). The van der Waals surface area contributed by atoms with Crippen LogP contribution in [0.5, 0.6) is 0 Å². The van der Waals surface area contributed by atoms with Crippen molar-refractivity contribution in [2.75, 3.05) is 33.4 Å². The van der Waals surface area contributed by atoms with E-state index in [1.54, 1.807) is 0 Å². The Morgan fingerprint density at radius 1 is 1.21 bits per heavy atom. The number of hydrogen-bond acceptors (Lipinski definition) is 3. The second-order valence-electron chi connectivity index (χ2n) is 6.37. The average Bonchev–Trinajstić information content (AvgIpc) is 2.47. The molecule has 0 bridgehead atoms. The first-order valence-electron chi connectivity index (χ1n) is 8.27. The first-order chi connectivity index (χ1) is 9.28. The average molecular weight is 268 g/mol. The molecule has 3 heteroatoms. The van der Waals surface area contributed by atoms with Gasteiger partial charge in [0.1, 0.15) is 0 Å². The van der Waals surface area contributed by atoms with Crippen LogP contribution >= 0.6 is 0 Å². The van der Waals surface area contributed by atoms with E-state index in [1.165, 1.54) is 38.6 Å². The lowest BCUT2D eigenvalue weighted by molar-refractivity contribution is -0.0222. The van der Waals surface area contributed by atoms with Crippen LogP contribution < -0.4 is 5.32 Å². The number of rotatable bonds is 5. The fraction of sp³-hybridized carbons (Fsp3) is 1.00. The largest absolute Gasteiger partial charge is 0.378 e.